The van der Waals surface area contributed by atoms with Gasteiger partial charge in [0.2, 0.25) is 0 Å². The predicted molar refractivity (Wildman–Crippen MR) is 45.7 cm³/mol. The van der Waals surface area contributed by atoms with E-state index in [1.54, 1.807) is 0 Å². The zero-order valence-corrected chi connectivity index (χ0v) is 7.34. The zero-order valence-electron chi connectivity index (χ0n) is 7.34. The quantitative estimate of drug-likeness (QED) is 0.553. The highest BCUT2D eigenvalue weighted by Gasteiger charge is 2.55. The summed E-state index contributed by atoms with van der Waals surface area (Å²) in [6.45, 7) is 1.89. The van der Waals surface area contributed by atoms with Crippen LogP contribution in [0.4, 0.5) is 0 Å². The van der Waals surface area contributed by atoms with Gasteiger partial charge in [0.05, 0.1) is 11.0 Å². The molecular formula is C10H14O2. The third-order valence-electron chi connectivity index (χ3n) is 3.51. The summed E-state index contributed by atoms with van der Waals surface area (Å²) in [5.41, 5.74) is -1.32. The van der Waals surface area contributed by atoms with Gasteiger partial charge < -0.3 is 5.11 Å². The fourth-order valence-electron chi connectivity index (χ4n) is 2.37. The molecule has 2 aliphatic rings. The smallest absolute Gasteiger partial charge is 0.142 e. The third kappa shape index (κ3) is 0.761. The van der Waals surface area contributed by atoms with E-state index in [4.69, 9.17) is 0 Å². The fourth-order valence-corrected chi connectivity index (χ4v) is 2.37. The molecule has 12 heavy (non-hydrogen) atoms. The minimum absolute atomic E-state index is 0.231. The lowest BCUT2D eigenvalue weighted by molar-refractivity contribution is -0.132. The molecule has 0 spiro atoms. The molecule has 0 amide bonds. The minimum atomic E-state index is -0.831. The van der Waals surface area contributed by atoms with Crippen LogP contribution in [0.1, 0.15) is 32.6 Å². The molecule has 0 bridgehead atoms. The lowest BCUT2D eigenvalue weighted by Crippen LogP contribution is -2.45. The van der Waals surface area contributed by atoms with Gasteiger partial charge in [-0.25, -0.2) is 0 Å². The van der Waals surface area contributed by atoms with Gasteiger partial charge in [-0.3, -0.25) is 4.79 Å². The molecular weight excluding hydrogens is 152 g/mol. The van der Waals surface area contributed by atoms with E-state index in [-0.39, 0.29) is 5.78 Å². The molecule has 0 aromatic carbocycles. The SMILES string of the molecule is CC12CCC=CC1(O)CCC2=O. The van der Waals surface area contributed by atoms with Crippen LogP contribution in [0.3, 0.4) is 0 Å². The van der Waals surface area contributed by atoms with Gasteiger partial charge in [-0.15, -0.1) is 0 Å². The molecule has 2 atom stereocenters. The molecule has 66 valence electrons. The summed E-state index contributed by atoms with van der Waals surface area (Å²) in [6.07, 6.45) is 6.68. The maximum atomic E-state index is 11.5. The number of carbonyl (C=O) groups is 1. The van der Waals surface area contributed by atoms with Gasteiger partial charge in [0.15, 0.2) is 0 Å². The molecule has 2 rings (SSSR count). The van der Waals surface area contributed by atoms with Crippen LogP contribution < -0.4 is 0 Å². The molecule has 0 saturated heterocycles. The first-order chi connectivity index (χ1) is 5.58. The van der Waals surface area contributed by atoms with Crippen LogP contribution in [-0.4, -0.2) is 16.5 Å². The molecule has 1 N–H and O–H groups in total. The molecule has 1 saturated carbocycles. The van der Waals surface area contributed by atoms with Crippen molar-refractivity contribution in [3.63, 3.8) is 0 Å². The summed E-state index contributed by atoms with van der Waals surface area (Å²) in [4.78, 5) is 11.5. The van der Waals surface area contributed by atoms with Gasteiger partial charge in [-0.1, -0.05) is 12.2 Å². The summed E-state index contributed by atoms with van der Waals surface area (Å²) >= 11 is 0. The Bertz CT molecular complexity index is 257. The van der Waals surface area contributed by atoms with Gasteiger partial charge >= 0.3 is 0 Å². The first kappa shape index (κ1) is 7.99. The molecule has 2 heteroatoms. The molecule has 1 fully saturated rings. The first-order valence-corrected chi connectivity index (χ1v) is 4.52. The van der Waals surface area contributed by atoms with Crippen LogP contribution in [0.15, 0.2) is 12.2 Å². The molecule has 0 aromatic rings. The van der Waals surface area contributed by atoms with Crippen molar-refractivity contribution >= 4 is 5.78 Å². The Kier molecular flexibility index (Phi) is 1.46. The van der Waals surface area contributed by atoms with E-state index < -0.39 is 11.0 Å². The van der Waals surface area contributed by atoms with Crippen molar-refractivity contribution in [3.8, 4) is 0 Å². The van der Waals surface area contributed by atoms with Gasteiger partial charge in [-0.2, -0.15) is 0 Å². The second-order valence-corrected chi connectivity index (χ2v) is 4.12. The van der Waals surface area contributed by atoms with Crippen molar-refractivity contribution < 1.29 is 9.90 Å². The van der Waals surface area contributed by atoms with Crippen molar-refractivity contribution in [1.82, 2.24) is 0 Å². The molecule has 0 aliphatic heterocycles. The van der Waals surface area contributed by atoms with E-state index in [0.717, 1.165) is 12.8 Å². The topological polar surface area (TPSA) is 37.3 Å². The molecule has 0 radical (unpaired) electrons. The second kappa shape index (κ2) is 2.19. The van der Waals surface area contributed by atoms with Crippen LogP contribution in [0.5, 0.6) is 0 Å². The Hall–Kier alpha value is -0.630. The molecule has 2 aliphatic carbocycles. The number of Topliss-reactive ketones (excluding diaryl/α,β-unsaturated/α-hetero) is 1. The maximum Gasteiger partial charge on any atom is 0.142 e. The van der Waals surface area contributed by atoms with Crippen molar-refractivity contribution in [3.05, 3.63) is 12.2 Å². The predicted octanol–water partition coefficient (Wildman–Crippen LogP) is 1.44. The number of carbonyl (C=O) groups excluding carboxylic acids is 1. The van der Waals surface area contributed by atoms with Crippen LogP contribution in [0.2, 0.25) is 0 Å². The molecule has 2 unspecified atom stereocenters. The van der Waals surface area contributed by atoms with E-state index in [1.807, 2.05) is 19.1 Å². The number of allylic oxidation sites excluding steroid dienone is 1. The average Bonchev–Trinajstić information content (AvgIpc) is 2.28. The third-order valence-corrected chi connectivity index (χ3v) is 3.51. The standard InChI is InChI=1S/C10H14O2/c1-9-5-2-3-6-10(9,12)7-4-8(9)11/h3,6,12H,2,4-5,7H2,1H3. The summed E-state index contributed by atoms with van der Waals surface area (Å²) in [6, 6.07) is 0. The van der Waals surface area contributed by atoms with Gasteiger partial charge in [0.1, 0.15) is 5.78 Å². The van der Waals surface area contributed by atoms with Crippen LogP contribution >= 0.6 is 0 Å². The fraction of sp³-hybridized carbons (Fsp3) is 0.700. The van der Waals surface area contributed by atoms with Crippen molar-refractivity contribution in [2.75, 3.05) is 0 Å². The highest BCUT2D eigenvalue weighted by molar-refractivity contribution is 5.89. The molecule has 0 aromatic heterocycles. The lowest BCUT2D eigenvalue weighted by Gasteiger charge is -2.38. The minimum Gasteiger partial charge on any atom is -0.385 e. The molecule has 2 nitrogen and oxygen atoms in total. The van der Waals surface area contributed by atoms with Crippen molar-refractivity contribution in [1.29, 1.82) is 0 Å². The van der Waals surface area contributed by atoms with E-state index >= 15 is 0 Å². The summed E-state index contributed by atoms with van der Waals surface area (Å²) in [5.74, 6) is 0.231. The van der Waals surface area contributed by atoms with E-state index in [0.29, 0.717) is 12.8 Å². The Morgan fingerprint density at radius 3 is 2.92 bits per heavy atom. The Morgan fingerprint density at radius 1 is 1.50 bits per heavy atom. The maximum absolute atomic E-state index is 11.5. The Balaban J connectivity index is 2.46. The Labute approximate surface area is 72.3 Å². The van der Waals surface area contributed by atoms with Crippen LogP contribution in [-0.2, 0) is 4.79 Å². The molecule has 0 heterocycles. The number of ketones is 1. The summed E-state index contributed by atoms with van der Waals surface area (Å²) in [5, 5.41) is 10.1. The number of hydrogen-bond acceptors (Lipinski definition) is 2. The number of fused-ring (bicyclic) bond motifs is 1. The lowest BCUT2D eigenvalue weighted by atomic mass is 9.69. The summed E-state index contributed by atoms with van der Waals surface area (Å²) in [7, 11) is 0. The average molecular weight is 166 g/mol. The number of aliphatic hydroxyl groups is 1. The Morgan fingerprint density at radius 2 is 2.25 bits per heavy atom. The van der Waals surface area contributed by atoms with Crippen LogP contribution in [0, 0.1) is 5.41 Å². The van der Waals surface area contributed by atoms with E-state index in [2.05, 4.69) is 0 Å². The summed E-state index contributed by atoms with van der Waals surface area (Å²) < 4.78 is 0. The van der Waals surface area contributed by atoms with Crippen LogP contribution in [0.25, 0.3) is 0 Å². The highest BCUT2D eigenvalue weighted by Crippen LogP contribution is 2.49. The zero-order chi connectivity index (χ0) is 8.82. The number of rotatable bonds is 0. The highest BCUT2D eigenvalue weighted by atomic mass is 16.3. The normalized spacial score (nSPS) is 46.3. The van der Waals surface area contributed by atoms with E-state index in [1.165, 1.54) is 0 Å². The van der Waals surface area contributed by atoms with Gasteiger partial charge in [0.25, 0.3) is 0 Å². The first-order valence-electron chi connectivity index (χ1n) is 4.52. The van der Waals surface area contributed by atoms with E-state index in [9.17, 15) is 9.90 Å². The second-order valence-electron chi connectivity index (χ2n) is 4.12. The monoisotopic (exact) mass is 166 g/mol. The van der Waals surface area contributed by atoms with Crippen molar-refractivity contribution in [2.24, 2.45) is 5.41 Å². The number of hydrogen-bond donors (Lipinski definition) is 1. The van der Waals surface area contributed by atoms with Gasteiger partial charge in [0, 0.05) is 6.42 Å². The van der Waals surface area contributed by atoms with Gasteiger partial charge in [-0.05, 0) is 26.2 Å². The van der Waals surface area contributed by atoms with Crippen molar-refractivity contribution in [2.45, 2.75) is 38.2 Å². The largest absolute Gasteiger partial charge is 0.385 e.